The predicted molar refractivity (Wildman–Crippen MR) is 215 cm³/mol. The van der Waals surface area contributed by atoms with Crippen molar-refractivity contribution in [3.8, 4) is 0 Å². The maximum absolute atomic E-state index is 12.6. The topological polar surface area (TPSA) is 91.3 Å². The third-order valence-electron chi connectivity index (χ3n) is 7.75. The number of esters is 1. The minimum atomic E-state index is -4.29. The molecule has 1 N–H and O–H groups in total. The van der Waals surface area contributed by atoms with Crippen molar-refractivity contribution in [1.29, 1.82) is 0 Å². The van der Waals surface area contributed by atoms with Crippen LogP contribution in [0.4, 0.5) is 0 Å². The SMILES string of the molecule is CC/C=C\C/C=C\C/C=C\C/C=C\C/C=C\CCCC(=O)OC(COCCCCCCCC/C=C\CCCC)COP(=O)(O)OCC[N+](C)(C)C. The Kier molecular flexibility index (Phi) is 33.6. The molecule has 0 aromatic carbocycles. The number of rotatable bonds is 35. The van der Waals surface area contributed by atoms with Gasteiger partial charge in [0, 0.05) is 13.0 Å². The molecule has 0 saturated carbocycles. The summed E-state index contributed by atoms with van der Waals surface area (Å²) in [5, 5.41) is 0. The van der Waals surface area contributed by atoms with E-state index in [9.17, 15) is 14.3 Å². The molecule has 0 radical (unpaired) electrons. The standard InChI is InChI=1S/C42H74NO7P/c1-6-8-10-12-14-16-18-20-21-22-23-24-25-27-29-31-33-35-42(44)50-41(40-49-51(45,46)48-38-36-43(3,4)5)39-47-37-34-32-30-28-26-19-17-15-13-11-9-7-2/h8,10,13-16,20-21,23-24,27,29,41H,6-7,9,11-12,17-19,22,25-26,28,30-40H2,1-5H3/p+1/b10-8-,15-13-,16-14-,21-20-,24-23-,29-27-. The summed E-state index contributed by atoms with van der Waals surface area (Å²) < 4.78 is 34.8. The molecule has 0 bridgehead atoms. The lowest BCUT2D eigenvalue weighted by atomic mass is 10.1. The van der Waals surface area contributed by atoms with Gasteiger partial charge in [-0.05, 0) is 70.6 Å². The van der Waals surface area contributed by atoms with Gasteiger partial charge in [0.2, 0.25) is 0 Å². The van der Waals surface area contributed by atoms with Crippen LogP contribution in [0.5, 0.6) is 0 Å². The molecule has 2 unspecified atom stereocenters. The number of hydrogen-bond donors (Lipinski definition) is 1. The number of quaternary nitrogens is 1. The van der Waals surface area contributed by atoms with Crippen LogP contribution in [-0.2, 0) is 27.9 Å². The number of allylic oxidation sites excluding steroid dienone is 12. The highest BCUT2D eigenvalue weighted by atomic mass is 31.2. The van der Waals surface area contributed by atoms with Crippen LogP contribution in [0.1, 0.15) is 129 Å². The molecule has 0 spiro atoms. The van der Waals surface area contributed by atoms with Crippen LogP contribution in [0, 0.1) is 0 Å². The largest absolute Gasteiger partial charge is 0.472 e. The van der Waals surface area contributed by atoms with Gasteiger partial charge in [0.1, 0.15) is 19.3 Å². The first-order chi connectivity index (χ1) is 24.6. The van der Waals surface area contributed by atoms with E-state index in [0.29, 0.717) is 24.1 Å². The minimum Gasteiger partial charge on any atom is -0.457 e. The number of unbranched alkanes of at least 4 members (excludes halogenated alkanes) is 9. The van der Waals surface area contributed by atoms with Gasteiger partial charge in [-0.2, -0.15) is 0 Å². The second kappa shape index (κ2) is 35.0. The van der Waals surface area contributed by atoms with Crippen LogP contribution in [-0.4, -0.2) is 75.6 Å². The number of phosphoric acid groups is 1. The zero-order valence-electron chi connectivity index (χ0n) is 33.1. The number of nitrogens with zero attached hydrogens (tertiary/aromatic N) is 1. The van der Waals surface area contributed by atoms with Gasteiger partial charge < -0.3 is 18.9 Å². The lowest BCUT2D eigenvalue weighted by Gasteiger charge is -2.24. The fraction of sp³-hybridized carbons (Fsp3) is 0.690. The molecule has 0 aromatic rings. The molecule has 0 heterocycles. The van der Waals surface area contributed by atoms with Gasteiger partial charge in [0.15, 0.2) is 0 Å². The maximum atomic E-state index is 12.6. The van der Waals surface area contributed by atoms with Crippen molar-refractivity contribution in [2.75, 3.05) is 54.1 Å². The number of carbonyl (C=O) groups is 1. The lowest BCUT2D eigenvalue weighted by Crippen LogP contribution is -2.37. The Labute approximate surface area is 312 Å². The minimum absolute atomic E-state index is 0.0731. The molecular weight excluding hydrogens is 661 g/mol. The Bertz CT molecular complexity index is 1040. The average Bonchev–Trinajstić information content (AvgIpc) is 3.08. The molecule has 0 aliphatic rings. The number of likely N-dealkylation sites (N-methyl/N-ethyl adjacent to an activating group) is 1. The van der Waals surface area contributed by atoms with Gasteiger partial charge in [-0.15, -0.1) is 0 Å². The van der Waals surface area contributed by atoms with E-state index in [-0.39, 0.29) is 32.2 Å². The summed E-state index contributed by atoms with van der Waals surface area (Å²) >= 11 is 0. The monoisotopic (exact) mass is 737 g/mol. The smallest absolute Gasteiger partial charge is 0.457 e. The first-order valence-electron chi connectivity index (χ1n) is 19.7. The Morgan fingerprint density at radius 3 is 1.73 bits per heavy atom. The van der Waals surface area contributed by atoms with Crippen molar-refractivity contribution in [3.63, 3.8) is 0 Å². The predicted octanol–water partition coefficient (Wildman–Crippen LogP) is 11.2. The highest BCUT2D eigenvalue weighted by Gasteiger charge is 2.26. The van der Waals surface area contributed by atoms with Crippen LogP contribution in [0.25, 0.3) is 0 Å². The molecule has 0 rings (SSSR count). The van der Waals surface area contributed by atoms with Gasteiger partial charge >= 0.3 is 13.8 Å². The van der Waals surface area contributed by atoms with Crippen molar-refractivity contribution in [3.05, 3.63) is 72.9 Å². The molecule has 0 fully saturated rings. The zero-order chi connectivity index (χ0) is 37.7. The Hall–Kier alpha value is -2.06. The van der Waals surface area contributed by atoms with Crippen LogP contribution < -0.4 is 0 Å². The van der Waals surface area contributed by atoms with Gasteiger partial charge in [-0.3, -0.25) is 13.8 Å². The average molecular weight is 737 g/mol. The summed E-state index contributed by atoms with van der Waals surface area (Å²) in [5.74, 6) is -0.376. The van der Waals surface area contributed by atoms with E-state index in [2.05, 4.69) is 86.8 Å². The fourth-order valence-electron chi connectivity index (χ4n) is 4.68. The number of hydrogen-bond acceptors (Lipinski definition) is 6. The first-order valence-corrected chi connectivity index (χ1v) is 21.2. The quantitative estimate of drug-likeness (QED) is 0.0228. The fourth-order valence-corrected chi connectivity index (χ4v) is 5.43. The summed E-state index contributed by atoms with van der Waals surface area (Å²) in [7, 11) is 1.61. The van der Waals surface area contributed by atoms with Crippen molar-refractivity contribution in [2.24, 2.45) is 0 Å². The van der Waals surface area contributed by atoms with E-state index >= 15 is 0 Å². The Balaban J connectivity index is 4.43. The van der Waals surface area contributed by atoms with Crippen molar-refractivity contribution in [1.82, 2.24) is 0 Å². The van der Waals surface area contributed by atoms with Gasteiger partial charge in [-0.1, -0.05) is 125 Å². The summed E-state index contributed by atoms with van der Waals surface area (Å²) in [6.07, 6.45) is 43.7. The molecule has 51 heavy (non-hydrogen) atoms. The zero-order valence-corrected chi connectivity index (χ0v) is 34.0. The molecule has 0 aliphatic carbocycles. The molecule has 0 aromatic heterocycles. The summed E-state index contributed by atoms with van der Waals surface area (Å²) in [6, 6.07) is 0. The van der Waals surface area contributed by atoms with Crippen LogP contribution in [0.15, 0.2) is 72.9 Å². The van der Waals surface area contributed by atoms with Crippen molar-refractivity contribution in [2.45, 2.75) is 136 Å². The summed E-state index contributed by atoms with van der Waals surface area (Å²) in [6.45, 7) is 5.35. The third-order valence-corrected chi connectivity index (χ3v) is 8.74. The van der Waals surface area contributed by atoms with Crippen LogP contribution in [0.3, 0.4) is 0 Å². The molecule has 0 aliphatic heterocycles. The number of ether oxygens (including phenoxy) is 2. The highest BCUT2D eigenvalue weighted by molar-refractivity contribution is 7.47. The van der Waals surface area contributed by atoms with Crippen molar-refractivity contribution < 1.29 is 37.3 Å². The Morgan fingerprint density at radius 2 is 1.14 bits per heavy atom. The molecule has 0 amide bonds. The van der Waals surface area contributed by atoms with Crippen LogP contribution >= 0.6 is 7.82 Å². The Morgan fingerprint density at radius 1 is 0.627 bits per heavy atom. The molecule has 0 saturated heterocycles. The second-order valence-electron chi connectivity index (χ2n) is 13.9. The van der Waals surface area contributed by atoms with Gasteiger partial charge in [0.25, 0.3) is 0 Å². The second-order valence-corrected chi connectivity index (χ2v) is 15.4. The highest BCUT2D eigenvalue weighted by Crippen LogP contribution is 2.43. The molecular formula is C42H75NO7P+. The van der Waals surface area contributed by atoms with E-state index < -0.39 is 13.9 Å². The maximum Gasteiger partial charge on any atom is 0.472 e. The first kappa shape index (κ1) is 48.9. The molecule has 294 valence electrons. The molecule has 2 atom stereocenters. The lowest BCUT2D eigenvalue weighted by molar-refractivity contribution is -0.870. The van der Waals surface area contributed by atoms with Gasteiger partial charge in [-0.25, -0.2) is 4.57 Å². The van der Waals surface area contributed by atoms with E-state index in [0.717, 1.165) is 51.4 Å². The molecule has 8 nitrogen and oxygen atoms in total. The number of phosphoric ester groups is 1. The number of carbonyl (C=O) groups excluding carboxylic acids is 1. The van der Waals surface area contributed by atoms with E-state index in [1.165, 1.54) is 51.4 Å². The summed E-state index contributed by atoms with van der Waals surface area (Å²) in [5.41, 5.74) is 0. The van der Waals surface area contributed by atoms with Gasteiger partial charge in [0.05, 0.1) is 34.4 Å². The van der Waals surface area contributed by atoms with Crippen LogP contribution in [0.2, 0.25) is 0 Å². The molecule has 9 heteroatoms. The van der Waals surface area contributed by atoms with E-state index in [1.54, 1.807) is 0 Å². The van der Waals surface area contributed by atoms with E-state index in [1.807, 2.05) is 21.1 Å². The summed E-state index contributed by atoms with van der Waals surface area (Å²) in [4.78, 5) is 22.8. The van der Waals surface area contributed by atoms with E-state index in [4.69, 9.17) is 18.5 Å². The normalized spacial score (nSPS) is 14.7. The third kappa shape index (κ3) is 39.0. The van der Waals surface area contributed by atoms with Crippen molar-refractivity contribution >= 4 is 13.8 Å².